The van der Waals surface area contributed by atoms with Gasteiger partial charge in [0.25, 0.3) is 0 Å². The second-order valence-electron chi connectivity index (χ2n) is 3.85. The lowest BCUT2D eigenvalue weighted by Gasteiger charge is -2.05. The van der Waals surface area contributed by atoms with Crippen LogP contribution < -0.4 is 10.9 Å². The van der Waals surface area contributed by atoms with E-state index in [0.29, 0.717) is 5.58 Å². The first-order valence-electron chi connectivity index (χ1n) is 5.84. The Bertz CT molecular complexity index is 618. The van der Waals surface area contributed by atoms with E-state index < -0.39 is 12.0 Å². The highest BCUT2D eigenvalue weighted by atomic mass is 16.6. The first-order chi connectivity index (χ1) is 9.13. The van der Waals surface area contributed by atoms with Crippen LogP contribution in [0.15, 0.2) is 28.7 Å². The minimum Gasteiger partial charge on any atom is -0.451 e. The van der Waals surface area contributed by atoms with Gasteiger partial charge in [-0.2, -0.15) is 0 Å². The normalized spacial score (nSPS) is 10.2. The van der Waals surface area contributed by atoms with E-state index in [-0.39, 0.29) is 12.4 Å². The zero-order chi connectivity index (χ0) is 13.8. The molecule has 0 aliphatic carbocycles. The molecule has 0 fully saturated rings. The number of carbonyl (C=O) groups excluding carboxylic acids is 2. The summed E-state index contributed by atoms with van der Waals surface area (Å²) in [5.74, 6) is -0.361. The molecule has 0 saturated heterocycles. The summed E-state index contributed by atoms with van der Waals surface area (Å²) in [6, 6.07) is 7.33. The third-order valence-electron chi connectivity index (χ3n) is 2.60. The second kappa shape index (κ2) is 5.43. The van der Waals surface area contributed by atoms with Crippen LogP contribution in [0.25, 0.3) is 11.0 Å². The Labute approximate surface area is 109 Å². The first-order valence-corrected chi connectivity index (χ1v) is 5.84. The molecule has 0 radical (unpaired) electrons. The molecule has 0 bridgehead atoms. The molecule has 2 rings (SSSR count). The predicted octanol–water partition coefficient (Wildman–Crippen LogP) is 2.13. The molecule has 100 valence electrons. The highest BCUT2D eigenvalue weighted by Crippen LogP contribution is 2.24. The Kier molecular flexibility index (Phi) is 3.70. The molecule has 19 heavy (non-hydrogen) atoms. The number of carbonyl (C=O) groups is 2. The molecular formula is C13H14N2O4. The van der Waals surface area contributed by atoms with Gasteiger partial charge in [-0.1, -0.05) is 18.2 Å². The van der Waals surface area contributed by atoms with Gasteiger partial charge in [-0.3, -0.25) is 10.2 Å². The average Bonchev–Trinajstić information content (AvgIpc) is 2.74. The lowest BCUT2D eigenvalue weighted by molar-refractivity contribution is 0.0887. The van der Waals surface area contributed by atoms with Crippen LogP contribution in [0.3, 0.4) is 0 Å². The molecule has 1 aromatic carbocycles. The molecule has 0 atom stereocenters. The molecule has 0 aliphatic rings. The number of rotatable bonds is 2. The maximum absolute atomic E-state index is 11.9. The Hall–Kier alpha value is -2.50. The van der Waals surface area contributed by atoms with Gasteiger partial charge in [-0.15, -0.1) is 0 Å². The topological polar surface area (TPSA) is 80.6 Å². The highest BCUT2D eigenvalue weighted by molar-refractivity contribution is 5.99. The largest absolute Gasteiger partial charge is 0.451 e. The number of benzene rings is 1. The Morgan fingerprint density at radius 1 is 1.26 bits per heavy atom. The van der Waals surface area contributed by atoms with E-state index in [9.17, 15) is 9.59 Å². The van der Waals surface area contributed by atoms with Crippen LogP contribution in [0.4, 0.5) is 4.79 Å². The molecule has 0 saturated carbocycles. The van der Waals surface area contributed by atoms with E-state index in [1.807, 2.05) is 18.2 Å². The summed E-state index contributed by atoms with van der Waals surface area (Å²) in [4.78, 5) is 22.9. The molecule has 2 N–H and O–H groups in total. The SMILES string of the molecule is CCOC(=O)NNC(=O)c1oc2ccccc2c1C. The standard InChI is InChI=1S/C13H14N2O4/c1-3-18-13(17)15-14-12(16)11-8(2)9-6-4-5-7-10(9)19-11/h4-7H,3H2,1-2H3,(H,14,16)(H,15,17). The third kappa shape index (κ3) is 2.67. The fourth-order valence-electron chi connectivity index (χ4n) is 1.72. The number of furan rings is 1. The molecule has 6 heteroatoms. The summed E-state index contributed by atoms with van der Waals surface area (Å²) in [5.41, 5.74) is 5.71. The van der Waals surface area contributed by atoms with E-state index in [1.165, 1.54) is 0 Å². The van der Waals surface area contributed by atoms with Crippen molar-refractivity contribution < 1.29 is 18.7 Å². The van der Waals surface area contributed by atoms with Crippen LogP contribution >= 0.6 is 0 Å². The van der Waals surface area contributed by atoms with E-state index in [1.54, 1.807) is 19.9 Å². The molecular weight excluding hydrogens is 248 g/mol. The van der Waals surface area contributed by atoms with E-state index in [0.717, 1.165) is 10.9 Å². The van der Waals surface area contributed by atoms with Gasteiger partial charge in [-0.25, -0.2) is 10.2 Å². The quantitative estimate of drug-likeness (QED) is 0.812. The maximum Gasteiger partial charge on any atom is 0.426 e. The van der Waals surface area contributed by atoms with Crippen molar-refractivity contribution in [3.8, 4) is 0 Å². The number of aryl methyl sites for hydroxylation is 1. The summed E-state index contributed by atoms with van der Waals surface area (Å²) in [7, 11) is 0. The van der Waals surface area contributed by atoms with Crippen LogP contribution in [0, 0.1) is 6.92 Å². The van der Waals surface area contributed by atoms with Crippen molar-refractivity contribution in [1.29, 1.82) is 0 Å². The van der Waals surface area contributed by atoms with Gasteiger partial charge in [-0.05, 0) is 19.9 Å². The number of amides is 2. The van der Waals surface area contributed by atoms with E-state index >= 15 is 0 Å². The number of nitrogens with one attached hydrogen (secondary N) is 2. The Morgan fingerprint density at radius 2 is 2.00 bits per heavy atom. The lowest BCUT2D eigenvalue weighted by Crippen LogP contribution is -2.42. The number of ether oxygens (including phenoxy) is 1. The number of hydrogen-bond donors (Lipinski definition) is 2. The molecule has 1 heterocycles. The predicted molar refractivity (Wildman–Crippen MR) is 68.6 cm³/mol. The van der Waals surface area contributed by atoms with Crippen molar-refractivity contribution in [3.05, 3.63) is 35.6 Å². The van der Waals surface area contributed by atoms with Crippen molar-refractivity contribution in [2.75, 3.05) is 6.61 Å². The van der Waals surface area contributed by atoms with Gasteiger partial charge < -0.3 is 9.15 Å². The van der Waals surface area contributed by atoms with Gasteiger partial charge in [0.2, 0.25) is 0 Å². The van der Waals surface area contributed by atoms with Crippen molar-refractivity contribution >= 4 is 23.0 Å². The average molecular weight is 262 g/mol. The maximum atomic E-state index is 11.9. The van der Waals surface area contributed by atoms with Crippen molar-refractivity contribution in [1.82, 2.24) is 10.9 Å². The monoisotopic (exact) mass is 262 g/mol. The molecule has 0 aliphatic heterocycles. The van der Waals surface area contributed by atoms with Gasteiger partial charge in [0.15, 0.2) is 5.76 Å². The van der Waals surface area contributed by atoms with Crippen LogP contribution in [0.2, 0.25) is 0 Å². The zero-order valence-electron chi connectivity index (χ0n) is 10.6. The molecule has 0 spiro atoms. The second-order valence-corrected chi connectivity index (χ2v) is 3.85. The summed E-state index contributed by atoms with van der Waals surface area (Å²) >= 11 is 0. The van der Waals surface area contributed by atoms with Crippen LogP contribution in [-0.2, 0) is 4.74 Å². The fourth-order valence-corrected chi connectivity index (χ4v) is 1.72. The minimum atomic E-state index is -0.718. The Balaban J connectivity index is 2.13. The fraction of sp³-hybridized carbons (Fsp3) is 0.231. The molecule has 1 aromatic heterocycles. The minimum absolute atomic E-state index is 0.165. The number of fused-ring (bicyclic) bond motifs is 1. The van der Waals surface area contributed by atoms with Gasteiger partial charge in [0.1, 0.15) is 5.58 Å². The Morgan fingerprint density at radius 3 is 2.68 bits per heavy atom. The smallest absolute Gasteiger partial charge is 0.426 e. The first kappa shape index (κ1) is 12.9. The van der Waals surface area contributed by atoms with Crippen LogP contribution in [-0.4, -0.2) is 18.6 Å². The number of hydrazine groups is 1. The van der Waals surface area contributed by atoms with Crippen LogP contribution in [0.5, 0.6) is 0 Å². The molecule has 0 unspecified atom stereocenters. The van der Waals surface area contributed by atoms with Gasteiger partial charge >= 0.3 is 12.0 Å². The van der Waals surface area contributed by atoms with Crippen molar-refractivity contribution in [2.24, 2.45) is 0 Å². The summed E-state index contributed by atoms with van der Waals surface area (Å²) < 4.78 is 10.1. The summed E-state index contributed by atoms with van der Waals surface area (Å²) in [5, 5.41) is 0.865. The van der Waals surface area contributed by atoms with Gasteiger partial charge in [0, 0.05) is 10.9 Å². The van der Waals surface area contributed by atoms with E-state index in [2.05, 4.69) is 15.6 Å². The van der Waals surface area contributed by atoms with Gasteiger partial charge in [0.05, 0.1) is 6.61 Å². The zero-order valence-corrected chi connectivity index (χ0v) is 10.6. The summed E-state index contributed by atoms with van der Waals surface area (Å²) in [6.07, 6.45) is -0.718. The summed E-state index contributed by atoms with van der Waals surface area (Å²) in [6.45, 7) is 3.68. The molecule has 6 nitrogen and oxygen atoms in total. The number of para-hydroxylation sites is 1. The third-order valence-corrected chi connectivity index (χ3v) is 2.60. The number of hydrogen-bond acceptors (Lipinski definition) is 4. The molecule has 2 amide bonds. The van der Waals surface area contributed by atoms with Crippen molar-refractivity contribution in [2.45, 2.75) is 13.8 Å². The highest BCUT2D eigenvalue weighted by Gasteiger charge is 2.17. The van der Waals surface area contributed by atoms with E-state index in [4.69, 9.17) is 4.42 Å². The van der Waals surface area contributed by atoms with Crippen LogP contribution in [0.1, 0.15) is 23.0 Å². The lowest BCUT2D eigenvalue weighted by atomic mass is 10.1. The molecule has 2 aromatic rings. The van der Waals surface area contributed by atoms with Crippen molar-refractivity contribution in [3.63, 3.8) is 0 Å².